The summed E-state index contributed by atoms with van der Waals surface area (Å²) in [7, 11) is 0. The van der Waals surface area contributed by atoms with Gasteiger partial charge in [-0.05, 0) is 69.0 Å². The highest BCUT2D eigenvalue weighted by atomic mass is 16.5. The van der Waals surface area contributed by atoms with Crippen molar-refractivity contribution in [1.82, 2.24) is 15.5 Å². The largest absolute Gasteiger partial charge is 0.491 e. The second-order valence-electron chi connectivity index (χ2n) is 9.44. The van der Waals surface area contributed by atoms with Crippen LogP contribution in [0.25, 0.3) is 0 Å². The number of carbonyl (C=O) groups excluding carboxylic acids is 3. The van der Waals surface area contributed by atoms with Crippen molar-refractivity contribution in [2.45, 2.75) is 39.0 Å². The van der Waals surface area contributed by atoms with Gasteiger partial charge in [-0.1, -0.05) is 11.6 Å². The Kier molecular flexibility index (Phi) is 8.81. The molecular formula is C28H36N4O4. The van der Waals surface area contributed by atoms with Crippen LogP contribution in [0.2, 0.25) is 0 Å². The summed E-state index contributed by atoms with van der Waals surface area (Å²) in [6.07, 6.45) is 4.53. The fraction of sp³-hybridized carbons (Fsp3) is 0.464. The molecular weight excluding hydrogens is 456 g/mol. The van der Waals surface area contributed by atoms with Gasteiger partial charge in [0.1, 0.15) is 12.4 Å². The van der Waals surface area contributed by atoms with Crippen molar-refractivity contribution in [2.75, 3.05) is 50.8 Å². The number of benzene rings is 2. The summed E-state index contributed by atoms with van der Waals surface area (Å²) in [6, 6.07) is 13.2. The monoisotopic (exact) mass is 492 g/mol. The fourth-order valence-electron chi connectivity index (χ4n) is 4.68. The van der Waals surface area contributed by atoms with Crippen molar-refractivity contribution in [3.63, 3.8) is 0 Å². The predicted octanol–water partition coefficient (Wildman–Crippen LogP) is 3.15. The van der Waals surface area contributed by atoms with E-state index in [1.54, 1.807) is 17.0 Å². The van der Waals surface area contributed by atoms with E-state index >= 15 is 0 Å². The summed E-state index contributed by atoms with van der Waals surface area (Å²) in [5.41, 5.74) is 3.15. The second kappa shape index (κ2) is 12.4. The van der Waals surface area contributed by atoms with Crippen LogP contribution in [0.4, 0.5) is 5.69 Å². The maximum absolute atomic E-state index is 13.4. The van der Waals surface area contributed by atoms with Crippen LogP contribution in [0.3, 0.4) is 0 Å². The molecule has 8 nitrogen and oxygen atoms in total. The molecule has 0 aromatic heterocycles. The van der Waals surface area contributed by atoms with E-state index in [1.807, 2.05) is 37.3 Å². The number of fused-ring (bicyclic) bond motifs is 1. The van der Waals surface area contributed by atoms with Crippen LogP contribution in [0.1, 0.15) is 58.4 Å². The van der Waals surface area contributed by atoms with Crippen LogP contribution >= 0.6 is 0 Å². The van der Waals surface area contributed by atoms with Gasteiger partial charge in [-0.25, -0.2) is 0 Å². The van der Waals surface area contributed by atoms with Crippen molar-refractivity contribution in [1.29, 1.82) is 0 Å². The molecule has 2 heterocycles. The first-order valence-electron chi connectivity index (χ1n) is 12.9. The van der Waals surface area contributed by atoms with Gasteiger partial charge in [0, 0.05) is 50.4 Å². The lowest BCUT2D eigenvalue weighted by Gasteiger charge is -2.29. The molecule has 4 rings (SSSR count). The van der Waals surface area contributed by atoms with E-state index in [1.165, 1.54) is 19.3 Å². The summed E-state index contributed by atoms with van der Waals surface area (Å²) in [5.74, 6) is 0.0543. The van der Waals surface area contributed by atoms with Crippen LogP contribution in [-0.2, 0) is 4.79 Å². The smallest absolute Gasteiger partial charge is 0.255 e. The highest BCUT2D eigenvalue weighted by molar-refractivity contribution is 5.97. The topological polar surface area (TPSA) is 91.0 Å². The predicted molar refractivity (Wildman–Crippen MR) is 140 cm³/mol. The zero-order valence-corrected chi connectivity index (χ0v) is 21.1. The van der Waals surface area contributed by atoms with Gasteiger partial charge in [-0.3, -0.25) is 14.4 Å². The lowest BCUT2D eigenvalue weighted by molar-refractivity contribution is -0.121. The first-order valence-corrected chi connectivity index (χ1v) is 12.9. The summed E-state index contributed by atoms with van der Waals surface area (Å²) in [4.78, 5) is 42.6. The van der Waals surface area contributed by atoms with Crippen molar-refractivity contribution >= 4 is 23.4 Å². The summed E-state index contributed by atoms with van der Waals surface area (Å²) < 4.78 is 5.76. The third kappa shape index (κ3) is 6.77. The molecule has 2 N–H and O–H groups in total. The Morgan fingerprint density at radius 2 is 1.64 bits per heavy atom. The summed E-state index contributed by atoms with van der Waals surface area (Å²) >= 11 is 0. The average Bonchev–Trinajstić information content (AvgIpc) is 2.91. The van der Waals surface area contributed by atoms with Gasteiger partial charge < -0.3 is 25.2 Å². The molecule has 3 amide bonds. The zero-order chi connectivity index (χ0) is 25.3. The van der Waals surface area contributed by atoms with Gasteiger partial charge in [0.2, 0.25) is 5.91 Å². The average molecular weight is 493 g/mol. The number of amides is 3. The van der Waals surface area contributed by atoms with Crippen molar-refractivity contribution < 1.29 is 19.1 Å². The normalized spacial score (nSPS) is 18.1. The van der Waals surface area contributed by atoms with Crippen molar-refractivity contribution in [3.05, 3.63) is 59.2 Å². The van der Waals surface area contributed by atoms with Crippen molar-refractivity contribution in [2.24, 2.45) is 0 Å². The zero-order valence-electron chi connectivity index (χ0n) is 21.1. The van der Waals surface area contributed by atoms with E-state index < -0.39 is 0 Å². The molecule has 192 valence electrons. The maximum Gasteiger partial charge on any atom is 0.255 e. The Bertz CT molecular complexity index is 1060. The van der Waals surface area contributed by atoms with E-state index in [9.17, 15) is 14.4 Å². The molecule has 1 fully saturated rings. The van der Waals surface area contributed by atoms with Crippen LogP contribution in [0.5, 0.6) is 5.75 Å². The molecule has 2 aliphatic rings. The summed E-state index contributed by atoms with van der Waals surface area (Å²) in [6.45, 7) is 5.72. The van der Waals surface area contributed by atoms with E-state index in [0.717, 1.165) is 24.3 Å². The minimum atomic E-state index is -0.245. The molecule has 0 radical (unpaired) electrons. The minimum absolute atomic E-state index is 0.0786. The minimum Gasteiger partial charge on any atom is -0.491 e. The van der Waals surface area contributed by atoms with Crippen LogP contribution < -0.4 is 20.3 Å². The number of piperidine rings is 1. The standard InChI is InChI=1S/C28H36N4O4/c1-21-7-12-25-24(20-21)27(34)30-13-18-32(17-5-6-26(33)29-14-19-36-25)28(35)22-8-10-23(11-9-22)31-15-3-2-4-16-31/h7-12,20H,2-6,13-19H2,1H3,(H,29,33)(H,30,34). The van der Waals surface area contributed by atoms with Gasteiger partial charge in [0.05, 0.1) is 12.1 Å². The molecule has 36 heavy (non-hydrogen) atoms. The molecule has 2 aliphatic heterocycles. The van der Waals surface area contributed by atoms with Gasteiger partial charge in [0.15, 0.2) is 0 Å². The number of rotatable bonds is 2. The molecule has 0 atom stereocenters. The molecule has 0 unspecified atom stereocenters. The number of aryl methyl sites for hydroxylation is 1. The Morgan fingerprint density at radius 1 is 0.861 bits per heavy atom. The highest BCUT2D eigenvalue weighted by Gasteiger charge is 2.19. The third-order valence-corrected chi connectivity index (χ3v) is 6.68. The first-order chi connectivity index (χ1) is 17.5. The number of hydrogen-bond donors (Lipinski definition) is 2. The molecule has 0 aliphatic carbocycles. The Balaban J connectivity index is 1.46. The number of hydrogen-bond acceptors (Lipinski definition) is 5. The van der Waals surface area contributed by atoms with E-state index in [-0.39, 0.29) is 24.3 Å². The van der Waals surface area contributed by atoms with Gasteiger partial charge >= 0.3 is 0 Å². The third-order valence-electron chi connectivity index (χ3n) is 6.68. The van der Waals surface area contributed by atoms with Crippen LogP contribution in [-0.4, -0.2) is 68.5 Å². The van der Waals surface area contributed by atoms with Crippen molar-refractivity contribution in [3.8, 4) is 5.75 Å². The van der Waals surface area contributed by atoms with Crippen LogP contribution in [0, 0.1) is 6.92 Å². The molecule has 2 aromatic rings. The highest BCUT2D eigenvalue weighted by Crippen LogP contribution is 2.22. The first kappa shape index (κ1) is 25.5. The lowest BCUT2D eigenvalue weighted by Crippen LogP contribution is -2.39. The molecule has 2 aromatic carbocycles. The number of ether oxygens (including phenoxy) is 1. The Labute approximate surface area is 213 Å². The second-order valence-corrected chi connectivity index (χ2v) is 9.44. The molecule has 0 spiro atoms. The number of nitrogens with one attached hydrogen (secondary N) is 2. The van der Waals surface area contributed by atoms with Gasteiger partial charge in [-0.2, -0.15) is 0 Å². The SMILES string of the molecule is Cc1ccc2c(c1)C(=O)NCCN(C(=O)c1ccc(N3CCCCC3)cc1)CCCC(=O)NCCO2. The Morgan fingerprint density at radius 3 is 2.42 bits per heavy atom. The van der Waals surface area contributed by atoms with Gasteiger partial charge in [-0.15, -0.1) is 0 Å². The maximum atomic E-state index is 13.4. The molecule has 8 heteroatoms. The van der Waals surface area contributed by atoms with E-state index in [0.29, 0.717) is 55.9 Å². The van der Waals surface area contributed by atoms with Crippen LogP contribution in [0.15, 0.2) is 42.5 Å². The fourth-order valence-corrected chi connectivity index (χ4v) is 4.68. The molecule has 0 saturated carbocycles. The number of anilines is 1. The number of nitrogens with zero attached hydrogens (tertiary/aromatic N) is 2. The Hall–Kier alpha value is -3.55. The number of carbonyl (C=O) groups is 3. The molecule has 1 saturated heterocycles. The van der Waals surface area contributed by atoms with E-state index in [4.69, 9.17) is 4.74 Å². The lowest BCUT2D eigenvalue weighted by atomic mass is 10.1. The van der Waals surface area contributed by atoms with E-state index in [2.05, 4.69) is 15.5 Å². The summed E-state index contributed by atoms with van der Waals surface area (Å²) in [5, 5.41) is 5.78. The quantitative estimate of drug-likeness (QED) is 0.672. The molecule has 0 bridgehead atoms. The van der Waals surface area contributed by atoms with Gasteiger partial charge in [0.25, 0.3) is 11.8 Å².